The van der Waals surface area contributed by atoms with E-state index in [2.05, 4.69) is 5.32 Å². The van der Waals surface area contributed by atoms with Crippen LogP contribution >= 0.6 is 11.6 Å². The van der Waals surface area contributed by atoms with Crippen molar-refractivity contribution in [3.63, 3.8) is 0 Å². The molecule has 0 atom stereocenters. The van der Waals surface area contributed by atoms with Gasteiger partial charge in [-0.3, -0.25) is 4.90 Å². The molecule has 1 aromatic carbocycles. The Hall–Kier alpha value is -1.42. The van der Waals surface area contributed by atoms with Gasteiger partial charge < -0.3 is 10.1 Å². The maximum atomic E-state index is 12.2. The van der Waals surface area contributed by atoms with Crippen LogP contribution in [0.1, 0.15) is 20.8 Å². The lowest BCUT2D eigenvalue weighted by molar-refractivity contribution is 0.231. The van der Waals surface area contributed by atoms with Crippen LogP contribution in [0.15, 0.2) is 18.2 Å². The minimum atomic E-state index is -0.270. The number of hydrogen-bond acceptors (Lipinski definition) is 2. The fraction of sp³-hybridized carbons (Fsp3) is 0.462. The van der Waals surface area contributed by atoms with Crippen LogP contribution < -0.4 is 15.0 Å². The quantitative estimate of drug-likeness (QED) is 0.786. The molecule has 2 amide bonds. The zero-order chi connectivity index (χ0) is 13.3. The lowest BCUT2D eigenvalue weighted by Gasteiger charge is -2.32. The topological polar surface area (TPSA) is 41.6 Å². The van der Waals surface area contributed by atoms with E-state index in [1.807, 2.05) is 20.8 Å². The van der Waals surface area contributed by atoms with Crippen LogP contribution in [0.2, 0.25) is 5.02 Å². The number of carbonyl (C=O) groups excluding carboxylic acids is 1. The predicted octanol–water partition coefficient (Wildman–Crippen LogP) is 3.05. The maximum Gasteiger partial charge on any atom is 0.322 e. The number of anilines is 1. The number of urea groups is 1. The summed E-state index contributed by atoms with van der Waals surface area (Å²) in [5, 5.41) is 3.53. The van der Waals surface area contributed by atoms with Crippen LogP contribution in [-0.2, 0) is 0 Å². The van der Waals surface area contributed by atoms with E-state index in [-0.39, 0.29) is 11.6 Å². The predicted molar refractivity (Wildman–Crippen MR) is 72.6 cm³/mol. The van der Waals surface area contributed by atoms with Gasteiger partial charge in [0.25, 0.3) is 0 Å². The number of fused-ring (bicyclic) bond motifs is 1. The molecule has 0 radical (unpaired) electrons. The highest BCUT2D eigenvalue weighted by atomic mass is 35.5. The van der Waals surface area contributed by atoms with Crippen LogP contribution in [-0.4, -0.2) is 24.7 Å². The van der Waals surface area contributed by atoms with Gasteiger partial charge in [-0.05, 0) is 39.0 Å². The second kappa shape index (κ2) is 4.69. The van der Waals surface area contributed by atoms with Crippen molar-refractivity contribution in [3.8, 4) is 5.75 Å². The summed E-state index contributed by atoms with van der Waals surface area (Å²) in [7, 11) is 0. The van der Waals surface area contributed by atoms with Gasteiger partial charge in [0.1, 0.15) is 12.4 Å². The fourth-order valence-electron chi connectivity index (χ4n) is 1.79. The standard InChI is InChI=1S/C13H17ClN2O2/c1-13(2,3)15-12(17)16-6-7-18-11-5-4-9(14)8-10(11)16/h4-5,8H,6-7H2,1-3H3,(H,15,17). The number of nitrogens with zero attached hydrogens (tertiary/aromatic N) is 1. The number of ether oxygens (including phenoxy) is 1. The van der Waals surface area contributed by atoms with Gasteiger partial charge in [0.05, 0.1) is 12.2 Å². The van der Waals surface area contributed by atoms with Crippen molar-refractivity contribution >= 4 is 23.3 Å². The van der Waals surface area contributed by atoms with Crippen molar-refractivity contribution < 1.29 is 9.53 Å². The molecule has 5 heteroatoms. The van der Waals surface area contributed by atoms with Crippen molar-refractivity contribution in [1.82, 2.24) is 5.32 Å². The molecule has 1 aliphatic heterocycles. The lowest BCUT2D eigenvalue weighted by Crippen LogP contribution is -2.50. The monoisotopic (exact) mass is 268 g/mol. The van der Waals surface area contributed by atoms with Crippen LogP contribution in [0.25, 0.3) is 0 Å². The van der Waals surface area contributed by atoms with Gasteiger partial charge in [0, 0.05) is 10.6 Å². The molecular formula is C13H17ClN2O2. The molecule has 1 heterocycles. The number of amides is 2. The maximum absolute atomic E-state index is 12.2. The number of halogens is 1. The van der Waals surface area contributed by atoms with E-state index in [0.29, 0.717) is 23.9 Å². The van der Waals surface area contributed by atoms with Gasteiger partial charge >= 0.3 is 6.03 Å². The number of hydrogen-bond donors (Lipinski definition) is 1. The number of rotatable bonds is 0. The van der Waals surface area contributed by atoms with Gasteiger partial charge in [0.2, 0.25) is 0 Å². The average Bonchev–Trinajstić information content (AvgIpc) is 2.25. The van der Waals surface area contributed by atoms with Gasteiger partial charge in [-0.15, -0.1) is 0 Å². The molecule has 0 fully saturated rings. The van der Waals surface area contributed by atoms with E-state index >= 15 is 0 Å². The Morgan fingerprint density at radius 3 is 2.83 bits per heavy atom. The Bertz CT molecular complexity index is 469. The fourth-order valence-corrected chi connectivity index (χ4v) is 1.96. The highest BCUT2D eigenvalue weighted by Gasteiger charge is 2.26. The zero-order valence-corrected chi connectivity index (χ0v) is 11.5. The Balaban J connectivity index is 2.27. The molecular weight excluding hydrogens is 252 g/mol. The van der Waals surface area contributed by atoms with Crippen molar-refractivity contribution in [2.45, 2.75) is 26.3 Å². The molecule has 0 spiro atoms. The Kier molecular flexibility index (Phi) is 3.39. The Labute approximate surface area is 112 Å². The third kappa shape index (κ3) is 2.88. The summed E-state index contributed by atoms with van der Waals surface area (Å²) in [5.74, 6) is 0.690. The molecule has 4 nitrogen and oxygen atoms in total. The van der Waals surface area contributed by atoms with E-state index in [1.165, 1.54) is 0 Å². The molecule has 0 saturated heterocycles. The summed E-state index contributed by atoms with van der Waals surface area (Å²) in [6, 6.07) is 5.16. The minimum Gasteiger partial charge on any atom is -0.490 e. The first kappa shape index (κ1) is 13.0. The lowest BCUT2D eigenvalue weighted by atomic mass is 10.1. The van der Waals surface area contributed by atoms with Crippen molar-refractivity contribution in [2.24, 2.45) is 0 Å². The van der Waals surface area contributed by atoms with Gasteiger partial charge in [-0.2, -0.15) is 0 Å². The molecule has 0 bridgehead atoms. The summed E-state index contributed by atoms with van der Waals surface area (Å²) in [4.78, 5) is 13.9. The van der Waals surface area contributed by atoms with Crippen LogP contribution in [0.3, 0.4) is 0 Å². The SMILES string of the molecule is CC(C)(C)NC(=O)N1CCOc2ccc(Cl)cc21. The molecule has 1 aliphatic rings. The molecule has 1 N–H and O–H groups in total. The molecule has 98 valence electrons. The van der Waals surface area contributed by atoms with E-state index in [1.54, 1.807) is 23.1 Å². The third-order valence-corrected chi connectivity index (χ3v) is 2.75. The molecule has 1 aromatic rings. The molecule has 0 unspecified atom stereocenters. The van der Waals surface area contributed by atoms with E-state index in [9.17, 15) is 4.79 Å². The highest BCUT2D eigenvalue weighted by Crippen LogP contribution is 2.34. The first-order valence-electron chi connectivity index (χ1n) is 5.89. The molecule has 0 aliphatic carbocycles. The van der Waals surface area contributed by atoms with Crippen molar-refractivity contribution in [1.29, 1.82) is 0 Å². The number of nitrogens with one attached hydrogen (secondary N) is 1. The molecule has 0 aromatic heterocycles. The van der Waals surface area contributed by atoms with Crippen LogP contribution in [0, 0.1) is 0 Å². The van der Waals surface area contributed by atoms with Crippen LogP contribution in [0.5, 0.6) is 5.75 Å². The summed E-state index contributed by atoms with van der Waals surface area (Å²) in [6.07, 6.45) is 0. The second-order valence-electron chi connectivity index (χ2n) is 5.29. The summed E-state index contributed by atoms with van der Waals surface area (Å²) >= 11 is 5.97. The molecule has 18 heavy (non-hydrogen) atoms. The first-order chi connectivity index (χ1) is 8.37. The van der Waals surface area contributed by atoms with Crippen molar-refractivity contribution in [3.05, 3.63) is 23.2 Å². The van der Waals surface area contributed by atoms with E-state index in [4.69, 9.17) is 16.3 Å². The van der Waals surface area contributed by atoms with Gasteiger partial charge in [-0.1, -0.05) is 11.6 Å². The number of carbonyl (C=O) groups is 1. The van der Waals surface area contributed by atoms with Gasteiger partial charge in [0.15, 0.2) is 0 Å². The molecule has 2 rings (SSSR count). The summed E-state index contributed by atoms with van der Waals surface area (Å²) < 4.78 is 5.51. The number of benzene rings is 1. The summed E-state index contributed by atoms with van der Waals surface area (Å²) in [5.41, 5.74) is 0.448. The van der Waals surface area contributed by atoms with E-state index in [0.717, 1.165) is 5.69 Å². The second-order valence-corrected chi connectivity index (χ2v) is 5.73. The highest BCUT2D eigenvalue weighted by molar-refractivity contribution is 6.31. The minimum absolute atomic E-state index is 0.130. The Morgan fingerprint density at radius 2 is 2.17 bits per heavy atom. The molecule has 0 saturated carbocycles. The van der Waals surface area contributed by atoms with E-state index < -0.39 is 0 Å². The average molecular weight is 269 g/mol. The zero-order valence-electron chi connectivity index (χ0n) is 10.8. The first-order valence-corrected chi connectivity index (χ1v) is 6.27. The smallest absolute Gasteiger partial charge is 0.322 e. The largest absolute Gasteiger partial charge is 0.490 e. The third-order valence-electron chi connectivity index (χ3n) is 2.51. The summed E-state index contributed by atoms with van der Waals surface area (Å²) in [6.45, 7) is 6.86. The Morgan fingerprint density at radius 1 is 1.44 bits per heavy atom. The van der Waals surface area contributed by atoms with Gasteiger partial charge in [-0.25, -0.2) is 4.79 Å². The normalized spacial score (nSPS) is 14.8. The van der Waals surface area contributed by atoms with Crippen LogP contribution in [0.4, 0.5) is 10.5 Å². The van der Waals surface area contributed by atoms with Crippen molar-refractivity contribution in [2.75, 3.05) is 18.1 Å².